The molecule has 1 aromatic carbocycles. The Morgan fingerprint density at radius 2 is 2.15 bits per heavy atom. The van der Waals surface area contributed by atoms with Crippen molar-refractivity contribution in [1.82, 2.24) is 9.78 Å². The van der Waals surface area contributed by atoms with Crippen molar-refractivity contribution in [2.75, 3.05) is 0 Å². The van der Waals surface area contributed by atoms with Gasteiger partial charge in [-0.1, -0.05) is 31.2 Å². The van der Waals surface area contributed by atoms with E-state index in [9.17, 15) is 5.11 Å². The third kappa shape index (κ3) is 2.27. The summed E-state index contributed by atoms with van der Waals surface area (Å²) in [6, 6.07) is 10.7. The van der Waals surface area contributed by atoms with Crippen LogP contribution in [0.25, 0.3) is 0 Å². The maximum absolute atomic E-state index is 11.0. The van der Waals surface area contributed by atoms with E-state index < -0.39 is 5.60 Å². The van der Waals surface area contributed by atoms with E-state index in [0.717, 1.165) is 30.5 Å². The van der Waals surface area contributed by atoms with Gasteiger partial charge in [0.25, 0.3) is 0 Å². The van der Waals surface area contributed by atoms with Crippen LogP contribution in [0.1, 0.15) is 49.6 Å². The lowest BCUT2D eigenvalue weighted by Gasteiger charge is -2.23. The van der Waals surface area contributed by atoms with Gasteiger partial charge in [0.1, 0.15) is 0 Å². The molecule has 0 saturated heterocycles. The molecule has 0 bridgehead atoms. The number of fused-ring (bicyclic) bond motifs is 1. The van der Waals surface area contributed by atoms with Crippen molar-refractivity contribution in [2.45, 2.75) is 51.2 Å². The van der Waals surface area contributed by atoms with Gasteiger partial charge >= 0.3 is 0 Å². The van der Waals surface area contributed by atoms with Crippen LogP contribution in [0.4, 0.5) is 0 Å². The average molecular weight is 270 g/mol. The van der Waals surface area contributed by atoms with E-state index in [1.807, 2.05) is 35.1 Å². The molecule has 1 aromatic heterocycles. The molecule has 0 aliphatic heterocycles. The summed E-state index contributed by atoms with van der Waals surface area (Å²) in [6.07, 6.45) is 5.44. The molecule has 1 N–H and O–H groups in total. The van der Waals surface area contributed by atoms with Crippen LogP contribution in [0.5, 0.6) is 0 Å². The predicted octanol–water partition coefficient (Wildman–Crippen LogP) is 3.23. The zero-order chi connectivity index (χ0) is 14.2. The third-order valence-corrected chi connectivity index (χ3v) is 4.51. The Balaban J connectivity index is 1.83. The van der Waals surface area contributed by atoms with E-state index in [4.69, 9.17) is 0 Å². The first-order valence-corrected chi connectivity index (χ1v) is 7.47. The number of rotatable bonds is 4. The van der Waals surface area contributed by atoms with Gasteiger partial charge in [-0.2, -0.15) is 5.10 Å². The molecule has 3 rings (SSSR count). The summed E-state index contributed by atoms with van der Waals surface area (Å²) in [4.78, 5) is 0. The highest BCUT2D eigenvalue weighted by molar-refractivity contribution is 5.38. The van der Waals surface area contributed by atoms with Gasteiger partial charge in [0, 0.05) is 18.7 Å². The van der Waals surface area contributed by atoms with Gasteiger partial charge in [0.2, 0.25) is 0 Å². The fraction of sp³-hybridized carbons (Fsp3) is 0.471. The summed E-state index contributed by atoms with van der Waals surface area (Å²) in [5.41, 5.74) is 2.59. The zero-order valence-corrected chi connectivity index (χ0v) is 12.2. The monoisotopic (exact) mass is 270 g/mol. The molecule has 2 atom stereocenters. The number of aryl methyl sites for hydroxylation is 1. The van der Waals surface area contributed by atoms with Crippen LogP contribution in [0.15, 0.2) is 36.5 Å². The second kappa shape index (κ2) is 5.06. The second-order valence-electron chi connectivity index (χ2n) is 5.91. The van der Waals surface area contributed by atoms with Crippen molar-refractivity contribution in [3.8, 4) is 0 Å². The molecule has 106 valence electrons. The molecule has 1 aliphatic rings. The molecule has 0 amide bonds. The molecule has 2 unspecified atom stereocenters. The topological polar surface area (TPSA) is 38.0 Å². The summed E-state index contributed by atoms with van der Waals surface area (Å²) in [5, 5.41) is 15.6. The van der Waals surface area contributed by atoms with Crippen molar-refractivity contribution in [3.05, 3.63) is 53.3 Å². The van der Waals surface area contributed by atoms with Gasteiger partial charge < -0.3 is 5.11 Å². The van der Waals surface area contributed by atoms with Crippen LogP contribution >= 0.6 is 0 Å². The van der Waals surface area contributed by atoms with Gasteiger partial charge in [-0.25, -0.2) is 0 Å². The first-order chi connectivity index (χ1) is 9.62. The van der Waals surface area contributed by atoms with Crippen LogP contribution < -0.4 is 0 Å². The molecule has 0 spiro atoms. The average Bonchev–Trinajstić information content (AvgIpc) is 3.05. The molecule has 3 nitrogen and oxygen atoms in total. The molecule has 0 fully saturated rings. The number of hydrogen-bond acceptors (Lipinski definition) is 2. The molecule has 2 aromatic rings. The molecule has 1 aliphatic carbocycles. The van der Waals surface area contributed by atoms with E-state index in [1.165, 1.54) is 5.56 Å². The predicted molar refractivity (Wildman–Crippen MR) is 79.6 cm³/mol. The van der Waals surface area contributed by atoms with Crippen LogP contribution in [0.2, 0.25) is 0 Å². The molecule has 0 saturated carbocycles. The summed E-state index contributed by atoms with van der Waals surface area (Å²) in [5.74, 6) is 0. The first kappa shape index (κ1) is 13.4. The highest BCUT2D eigenvalue weighted by Crippen LogP contribution is 2.38. The van der Waals surface area contributed by atoms with E-state index in [1.54, 1.807) is 0 Å². The van der Waals surface area contributed by atoms with Gasteiger partial charge in [0.05, 0.1) is 11.3 Å². The summed E-state index contributed by atoms with van der Waals surface area (Å²) < 4.78 is 2.00. The van der Waals surface area contributed by atoms with Crippen molar-refractivity contribution >= 4 is 0 Å². The summed E-state index contributed by atoms with van der Waals surface area (Å²) in [6.45, 7) is 4.32. The Bertz CT molecular complexity index is 605. The number of benzene rings is 1. The van der Waals surface area contributed by atoms with Crippen LogP contribution in [-0.4, -0.2) is 14.9 Å². The summed E-state index contributed by atoms with van der Waals surface area (Å²) in [7, 11) is 0. The fourth-order valence-corrected chi connectivity index (χ4v) is 3.06. The second-order valence-corrected chi connectivity index (χ2v) is 5.91. The Labute approximate surface area is 120 Å². The van der Waals surface area contributed by atoms with E-state index in [0.29, 0.717) is 12.5 Å². The van der Waals surface area contributed by atoms with Crippen molar-refractivity contribution < 1.29 is 5.11 Å². The van der Waals surface area contributed by atoms with Gasteiger partial charge in [-0.3, -0.25) is 4.68 Å². The minimum absolute atomic E-state index is 0.411. The fourth-order valence-electron chi connectivity index (χ4n) is 3.06. The quantitative estimate of drug-likeness (QED) is 0.926. The SMILES string of the molecule is CCC(C)n1ccc(CC2(O)CCc3ccccc32)n1. The standard InChI is InChI=1S/C17H22N2O/c1-3-13(2)19-11-9-15(18-19)12-17(20)10-8-14-6-4-5-7-16(14)17/h4-7,9,11,13,20H,3,8,10,12H2,1-2H3. The van der Waals surface area contributed by atoms with E-state index in [-0.39, 0.29) is 0 Å². The molecule has 0 radical (unpaired) electrons. The lowest BCUT2D eigenvalue weighted by atomic mass is 9.91. The number of nitrogens with zero attached hydrogens (tertiary/aromatic N) is 2. The van der Waals surface area contributed by atoms with Crippen LogP contribution in [-0.2, 0) is 18.4 Å². The molecule has 3 heteroatoms. The molecular formula is C17H22N2O. The Hall–Kier alpha value is -1.61. The maximum atomic E-state index is 11.0. The Kier molecular flexibility index (Phi) is 3.38. The number of hydrogen-bond donors (Lipinski definition) is 1. The molecule has 1 heterocycles. The lowest BCUT2D eigenvalue weighted by molar-refractivity contribution is 0.0378. The van der Waals surface area contributed by atoms with Gasteiger partial charge in [-0.15, -0.1) is 0 Å². The lowest BCUT2D eigenvalue weighted by Crippen LogP contribution is -2.25. The van der Waals surface area contributed by atoms with Crippen molar-refractivity contribution in [1.29, 1.82) is 0 Å². The minimum atomic E-state index is -0.745. The number of aromatic nitrogens is 2. The zero-order valence-electron chi connectivity index (χ0n) is 12.2. The first-order valence-electron chi connectivity index (χ1n) is 7.47. The van der Waals surface area contributed by atoms with Crippen molar-refractivity contribution in [2.24, 2.45) is 0 Å². The smallest absolute Gasteiger partial charge is 0.0958 e. The van der Waals surface area contributed by atoms with Gasteiger partial charge in [-0.05, 0) is 43.4 Å². The van der Waals surface area contributed by atoms with Crippen LogP contribution in [0.3, 0.4) is 0 Å². The van der Waals surface area contributed by atoms with E-state index in [2.05, 4.69) is 25.0 Å². The molecule has 20 heavy (non-hydrogen) atoms. The van der Waals surface area contributed by atoms with Crippen LogP contribution in [0, 0.1) is 0 Å². The Morgan fingerprint density at radius 1 is 1.35 bits per heavy atom. The normalized spacial score (nSPS) is 22.8. The van der Waals surface area contributed by atoms with E-state index >= 15 is 0 Å². The van der Waals surface area contributed by atoms with Gasteiger partial charge in [0.15, 0.2) is 0 Å². The Morgan fingerprint density at radius 3 is 2.95 bits per heavy atom. The highest BCUT2D eigenvalue weighted by atomic mass is 16.3. The third-order valence-electron chi connectivity index (χ3n) is 4.51. The minimum Gasteiger partial charge on any atom is -0.385 e. The number of aliphatic hydroxyl groups is 1. The largest absolute Gasteiger partial charge is 0.385 e. The molecular weight excluding hydrogens is 248 g/mol. The maximum Gasteiger partial charge on any atom is 0.0958 e. The summed E-state index contributed by atoms with van der Waals surface area (Å²) >= 11 is 0. The highest BCUT2D eigenvalue weighted by Gasteiger charge is 2.37. The van der Waals surface area contributed by atoms with Crippen molar-refractivity contribution in [3.63, 3.8) is 0 Å².